The number of hydrogen-bond acceptors (Lipinski definition) is 3. The van der Waals surface area contributed by atoms with Gasteiger partial charge in [0.05, 0.1) is 11.3 Å². The molecule has 4 nitrogen and oxygen atoms in total. The number of hydrogen-bond donors (Lipinski definition) is 1. The van der Waals surface area contributed by atoms with Gasteiger partial charge in [0.25, 0.3) is 5.91 Å². The van der Waals surface area contributed by atoms with Crippen LogP contribution in [0.3, 0.4) is 0 Å². The Hall–Kier alpha value is -3.14. The van der Waals surface area contributed by atoms with Crippen molar-refractivity contribution >= 4 is 17.3 Å². The predicted octanol–water partition coefficient (Wildman–Crippen LogP) is 4.72. The van der Waals surface area contributed by atoms with Crippen molar-refractivity contribution in [1.29, 1.82) is 0 Å². The first kappa shape index (κ1) is 18.2. The molecule has 0 unspecified atom stereocenters. The molecule has 0 atom stereocenters. The first-order valence-electron chi connectivity index (χ1n) is 9.94. The van der Waals surface area contributed by atoms with E-state index in [4.69, 9.17) is 0 Å². The Morgan fingerprint density at radius 2 is 1.86 bits per heavy atom. The van der Waals surface area contributed by atoms with Gasteiger partial charge in [-0.3, -0.25) is 9.78 Å². The van der Waals surface area contributed by atoms with Gasteiger partial charge in [-0.15, -0.1) is 0 Å². The smallest absolute Gasteiger partial charge is 0.259 e. The molecule has 0 radical (unpaired) electrons. The minimum Gasteiger partial charge on any atom is -0.384 e. The third kappa shape index (κ3) is 4.22. The first-order valence-corrected chi connectivity index (χ1v) is 9.94. The highest BCUT2D eigenvalue weighted by atomic mass is 16.2. The van der Waals surface area contributed by atoms with Crippen molar-refractivity contribution in [3.8, 4) is 0 Å². The van der Waals surface area contributed by atoms with Crippen molar-refractivity contribution in [3.63, 3.8) is 0 Å². The summed E-state index contributed by atoms with van der Waals surface area (Å²) >= 11 is 0. The average Bonchev–Trinajstić information content (AvgIpc) is 2.77. The van der Waals surface area contributed by atoms with Crippen LogP contribution in [0.4, 0.5) is 11.4 Å². The van der Waals surface area contributed by atoms with Crippen molar-refractivity contribution < 1.29 is 4.79 Å². The van der Waals surface area contributed by atoms with Crippen LogP contribution >= 0.6 is 0 Å². The van der Waals surface area contributed by atoms with Crippen LogP contribution in [0.5, 0.6) is 0 Å². The van der Waals surface area contributed by atoms with Crippen LogP contribution in [-0.2, 0) is 12.8 Å². The zero-order valence-electron chi connectivity index (χ0n) is 16.0. The normalized spacial score (nSPS) is 13.1. The maximum absolute atomic E-state index is 13.1. The molecule has 1 N–H and O–H groups in total. The number of aryl methyl sites for hydroxylation is 2. The third-order valence-electron chi connectivity index (χ3n) is 5.15. The molecular formula is C24H25N3O. The van der Waals surface area contributed by atoms with E-state index in [9.17, 15) is 4.79 Å². The maximum atomic E-state index is 13.1. The molecule has 0 aliphatic carbocycles. The summed E-state index contributed by atoms with van der Waals surface area (Å²) in [4.78, 5) is 19.3. The van der Waals surface area contributed by atoms with Crippen LogP contribution in [0.2, 0.25) is 0 Å². The molecule has 1 aliphatic heterocycles. The molecule has 142 valence electrons. The molecule has 2 heterocycles. The number of benzene rings is 2. The molecule has 0 saturated heterocycles. The number of nitrogens with zero attached hydrogens (tertiary/aromatic N) is 2. The van der Waals surface area contributed by atoms with Crippen molar-refractivity contribution in [2.75, 3.05) is 23.3 Å². The Labute approximate surface area is 166 Å². The number of aromatic nitrogens is 1. The molecule has 3 aromatic rings. The molecule has 1 amide bonds. The fourth-order valence-corrected chi connectivity index (χ4v) is 3.72. The van der Waals surface area contributed by atoms with Gasteiger partial charge < -0.3 is 10.2 Å². The van der Waals surface area contributed by atoms with E-state index in [2.05, 4.69) is 40.6 Å². The van der Waals surface area contributed by atoms with E-state index in [1.807, 2.05) is 35.2 Å². The van der Waals surface area contributed by atoms with E-state index in [0.29, 0.717) is 5.56 Å². The molecule has 28 heavy (non-hydrogen) atoms. The largest absolute Gasteiger partial charge is 0.384 e. The van der Waals surface area contributed by atoms with E-state index in [1.165, 1.54) is 11.1 Å². The van der Waals surface area contributed by atoms with Crippen LogP contribution in [0.1, 0.15) is 34.3 Å². The monoisotopic (exact) mass is 371 g/mol. The highest BCUT2D eigenvalue weighted by Gasteiger charge is 2.23. The summed E-state index contributed by atoms with van der Waals surface area (Å²) in [7, 11) is 0. The van der Waals surface area contributed by atoms with Gasteiger partial charge >= 0.3 is 0 Å². The second-order valence-electron chi connectivity index (χ2n) is 7.17. The van der Waals surface area contributed by atoms with Gasteiger partial charge in [-0.25, -0.2) is 0 Å². The molecule has 0 fully saturated rings. The van der Waals surface area contributed by atoms with E-state index in [1.54, 1.807) is 12.4 Å². The van der Waals surface area contributed by atoms with Crippen LogP contribution in [0.15, 0.2) is 73.1 Å². The zero-order chi connectivity index (χ0) is 19.2. The lowest BCUT2D eigenvalue weighted by molar-refractivity contribution is 0.0985. The fraction of sp³-hybridized carbons (Fsp3) is 0.250. The summed E-state index contributed by atoms with van der Waals surface area (Å²) in [6.45, 7) is 1.60. The van der Waals surface area contributed by atoms with Gasteiger partial charge in [-0.1, -0.05) is 48.5 Å². The highest BCUT2D eigenvalue weighted by molar-refractivity contribution is 6.07. The Morgan fingerprint density at radius 3 is 2.75 bits per heavy atom. The molecule has 0 saturated carbocycles. The summed E-state index contributed by atoms with van der Waals surface area (Å²) in [5.74, 6) is 0.0209. The Bertz CT molecular complexity index is 939. The number of anilines is 2. The summed E-state index contributed by atoms with van der Waals surface area (Å²) in [5.41, 5.74) is 5.13. The van der Waals surface area contributed by atoms with Crippen molar-refractivity contribution in [3.05, 3.63) is 89.7 Å². The molecule has 1 aliphatic rings. The lowest BCUT2D eigenvalue weighted by Crippen LogP contribution is -2.35. The average molecular weight is 371 g/mol. The van der Waals surface area contributed by atoms with Crippen LogP contribution in [-0.4, -0.2) is 24.0 Å². The van der Waals surface area contributed by atoms with Crippen molar-refractivity contribution in [2.45, 2.75) is 25.7 Å². The second-order valence-corrected chi connectivity index (χ2v) is 7.17. The van der Waals surface area contributed by atoms with Gasteiger partial charge in [0.1, 0.15) is 0 Å². The van der Waals surface area contributed by atoms with Gasteiger partial charge in [-0.2, -0.15) is 0 Å². The summed E-state index contributed by atoms with van der Waals surface area (Å²) in [6.07, 6.45) is 7.53. The van der Waals surface area contributed by atoms with Crippen LogP contribution in [0.25, 0.3) is 0 Å². The number of rotatable bonds is 6. The zero-order valence-corrected chi connectivity index (χ0v) is 16.0. The van der Waals surface area contributed by atoms with E-state index < -0.39 is 0 Å². The van der Waals surface area contributed by atoms with Gasteiger partial charge in [-0.05, 0) is 48.9 Å². The lowest BCUT2D eigenvalue weighted by atomic mass is 10.0. The molecule has 2 aromatic carbocycles. The van der Waals surface area contributed by atoms with Crippen LogP contribution in [0, 0.1) is 0 Å². The standard InChI is InChI=1S/C24H25N3O/c28-24(27-15-7-12-20-11-4-5-13-23(20)27)21-16-22(18-25-17-21)26-14-6-10-19-8-2-1-3-9-19/h1-5,8-9,11,13,16-18,26H,6-7,10,12,14-15H2. The Kier molecular flexibility index (Phi) is 5.66. The van der Waals surface area contributed by atoms with Crippen molar-refractivity contribution in [1.82, 2.24) is 4.98 Å². The number of para-hydroxylation sites is 1. The van der Waals surface area contributed by atoms with E-state index >= 15 is 0 Å². The summed E-state index contributed by atoms with van der Waals surface area (Å²) in [5, 5.41) is 3.40. The maximum Gasteiger partial charge on any atom is 0.259 e. The lowest BCUT2D eigenvalue weighted by Gasteiger charge is -2.29. The fourth-order valence-electron chi connectivity index (χ4n) is 3.72. The number of fused-ring (bicyclic) bond motifs is 1. The SMILES string of the molecule is O=C(c1cncc(NCCCc2ccccc2)c1)N1CCCc2ccccc21. The topological polar surface area (TPSA) is 45.2 Å². The summed E-state index contributed by atoms with van der Waals surface area (Å²) < 4.78 is 0. The number of carbonyl (C=O) groups is 1. The highest BCUT2D eigenvalue weighted by Crippen LogP contribution is 2.28. The van der Waals surface area contributed by atoms with Gasteiger partial charge in [0.15, 0.2) is 0 Å². The molecule has 0 spiro atoms. The second kappa shape index (κ2) is 8.70. The first-order chi connectivity index (χ1) is 13.8. The molecule has 1 aromatic heterocycles. The predicted molar refractivity (Wildman–Crippen MR) is 114 cm³/mol. The van der Waals surface area contributed by atoms with Gasteiger partial charge in [0.2, 0.25) is 0 Å². The number of nitrogens with one attached hydrogen (secondary N) is 1. The molecule has 4 heteroatoms. The third-order valence-corrected chi connectivity index (χ3v) is 5.15. The Balaban J connectivity index is 1.39. The summed E-state index contributed by atoms with van der Waals surface area (Å²) in [6, 6.07) is 20.6. The Morgan fingerprint density at radius 1 is 1.04 bits per heavy atom. The van der Waals surface area contributed by atoms with E-state index in [0.717, 1.165) is 50.1 Å². The number of carbonyl (C=O) groups excluding carboxylic acids is 1. The molecule has 0 bridgehead atoms. The quantitative estimate of drug-likeness (QED) is 0.638. The minimum absolute atomic E-state index is 0.0209. The van der Waals surface area contributed by atoms with E-state index in [-0.39, 0.29) is 5.91 Å². The minimum atomic E-state index is 0.0209. The van der Waals surface area contributed by atoms with Crippen LogP contribution < -0.4 is 10.2 Å². The van der Waals surface area contributed by atoms with Gasteiger partial charge in [0, 0.05) is 31.2 Å². The number of amides is 1. The molecule has 4 rings (SSSR count). The number of pyridine rings is 1. The van der Waals surface area contributed by atoms with Crippen molar-refractivity contribution in [2.24, 2.45) is 0 Å². The molecular weight excluding hydrogens is 346 g/mol.